The number of nitrogens with one attached hydrogen (secondary N) is 1. The standard InChI is InChI=1S/C22H21N5O3/c1-14-8-9-17(16(3)12-14)24-19(28)13-27-22(29)26-11-10-23-21(20(26)25-27)30-18-7-5-4-6-15(18)2/h4-12H,13H2,1-3H3,(H,24,28). The molecule has 0 fully saturated rings. The summed E-state index contributed by atoms with van der Waals surface area (Å²) in [4.78, 5) is 29.4. The monoisotopic (exact) mass is 403 g/mol. The molecule has 152 valence electrons. The summed E-state index contributed by atoms with van der Waals surface area (Å²) in [6, 6.07) is 13.2. The first-order chi connectivity index (χ1) is 14.4. The van der Waals surface area contributed by atoms with Crippen molar-refractivity contribution in [1.82, 2.24) is 19.2 Å². The Kier molecular flexibility index (Phi) is 5.05. The van der Waals surface area contributed by atoms with Gasteiger partial charge in [-0.25, -0.2) is 18.9 Å². The molecule has 0 saturated heterocycles. The highest BCUT2D eigenvalue weighted by atomic mass is 16.5. The number of rotatable bonds is 5. The third kappa shape index (κ3) is 3.80. The van der Waals surface area contributed by atoms with Gasteiger partial charge in [-0.15, -0.1) is 5.10 Å². The highest BCUT2D eigenvalue weighted by Gasteiger charge is 2.16. The fraction of sp³-hybridized carbons (Fsp3) is 0.182. The molecular formula is C22H21N5O3. The number of anilines is 1. The van der Waals surface area contributed by atoms with E-state index in [-0.39, 0.29) is 24.0 Å². The van der Waals surface area contributed by atoms with Gasteiger partial charge in [0.1, 0.15) is 12.3 Å². The lowest BCUT2D eigenvalue weighted by molar-refractivity contribution is -0.117. The Balaban J connectivity index is 1.61. The van der Waals surface area contributed by atoms with Gasteiger partial charge in [0.15, 0.2) is 0 Å². The molecule has 0 radical (unpaired) electrons. The number of benzene rings is 2. The summed E-state index contributed by atoms with van der Waals surface area (Å²) in [6.45, 7) is 5.59. The molecule has 0 aliphatic heterocycles. The van der Waals surface area contributed by atoms with E-state index in [9.17, 15) is 9.59 Å². The molecule has 4 rings (SSSR count). The van der Waals surface area contributed by atoms with Gasteiger partial charge < -0.3 is 10.1 Å². The first-order valence-corrected chi connectivity index (χ1v) is 9.47. The van der Waals surface area contributed by atoms with Crippen LogP contribution in [0.3, 0.4) is 0 Å². The van der Waals surface area contributed by atoms with E-state index in [4.69, 9.17) is 4.74 Å². The van der Waals surface area contributed by atoms with Crippen LogP contribution in [-0.2, 0) is 11.3 Å². The lowest BCUT2D eigenvalue weighted by Gasteiger charge is -2.08. The fourth-order valence-electron chi connectivity index (χ4n) is 3.16. The minimum Gasteiger partial charge on any atom is -0.436 e. The van der Waals surface area contributed by atoms with Gasteiger partial charge in [0.25, 0.3) is 5.88 Å². The highest BCUT2D eigenvalue weighted by Crippen LogP contribution is 2.25. The average Bonchev–Trinajstić information content (AvgIpc) is 3.02. The highest BCUT2D eigenvalue weighted by molar-refractivity contribution is 5.91. The van der Waals surface area contributed by atoms with Crippen LogP contribution in [0.1, 0.15) is 16.7 Å². The smallest absolute Gasteiger partial charge is 0.351 e. The predicted octanol–water partition coefficient (Wildman–Crippen LogP) is 3.25. The van der Waals surface area contributed by atoms with Gasteiger partial charge in [0.2, 0.25) is 11.6 Å². The lowest BCUT2D eigenvalue weighted by atomic mass is 10.1. The van der Waals surface area contributed by atoms with Crippen LogP contribution in [-0.4, -0.2) is 25.1 Å². The molecule has 0 spiro atoms. The minimum absolute atomic E-state index is 0.192. The van der Waals surface area contributed by atoms with Crippen molar-refractivity contribution in [2.24, 2.45) is 0 Å². The molecule has 1 N–H and O–H groups in total. The topological polar surface area (TPSA) is 90.5 Å². The van der Waals surface area contributed by atoms with Crippen LogP contribution < -0.4 is 15.7 Å². The Bertz CT molecular complexity index is 1310. The number of nitrogens with zero attached hydrogens (tertiary/aromatic N) is 4. The van der Waals surface area contributed by atoms with E-state index in [1.807, 2.05) is 63.2 Å². The summed E-state index contributed by atoms with van der Waals surface area (Å²) in [5.74, 6) is 0.465. The summed E-state index contributed by atoms with van der Waals surface area (Å²) in [6.07, 6.45) is 2.96. The first kappa shape index (κ1) is 19.4. The van der Waals surface area contributed by atoms with Crippen LogP contribution in [0.15, 0.2) is 59.7 Å². The molecule has 4 aromatic rings. The van der Waals surface area contributed by atoms with Crippen molar-refractivity contribution in [3.8, 4) is 11.6 Å². The van der Waals surface area contributed by atoms with Gasteiger partial charge in [-0.1, -0.05) is 35.9 Å². The summed E-state index contributed by atoms with van der Waals surface area (Å²) < 4.78 is 8.28. The number of hydrogen-bond donors (Lipinski definition) is 1. The maximum atomic E-state index is 12.7. The Labute approximate surface area is 172 Å². The van der Waals surface area contributed by atoms with E-state index in [1.165, 1.54) is 16.8 Å². The van der Waals surface area contributed by atoms with Crippen LogP contribution in [0, 0.1) is 20.8 Å². The fourth-order valence-corrected chi connectivity index (χ4v) is 3.16. The van der Waals surface area contributed by atoms with Crippen LogP contribution in [0.5, 0.6) is 11.6 Å². The molecule has 8 nitrogen and oxygen atoms in total. The van der Waals surface area contributed by atoms with Gasteiger partial charge in [-0.05, 0) is 44.0 Å². The number of aryl methyl sites for hydroxylation is 3. The van der Waals surface area contributed by atoms with Crippen molar-refractivity contribution in [2.45, 2.75) is 27.3 Å². The zero-order valence-electron chi connectivity index (χ0n) is 16.9. The Morgan fingerprint density at radius 1 is 1.10 bits per heavy atom. The molecular weight excluding hydrogens is 382 g/mol. The molecule has 2 aromatic heterocycles. The zero-order chi connectivity index (χ0) is 21.3. The molecule has 1 amide bonds. The number of hydrogen-bond acceptors (Lipinski definition) is 5. The van der Waals surface area contributed by atoms with Gasteiger partial charge in [0, 0.05) is 18.1 Å². The van der Waals surface area contributed by atoms with Crippen molar-refractivity contribution in [2.75, 3.05) is 5.32 Å². The number of amides is 1. The molecule has 0 aliphatic carbocycles. The van der Waals surface area contributed by atoms with Gasteiger partial charge >= 0.3 is 5.69 Å². The second kappa shape index (κ2) is 7.82. The maximum Gasteiger partial charge on any atom is 0.351 e. The zero-order valence-corrected chi connectivity index (χ0v) is 16.9. The van der Waals surface area contributed by atoms with E-state index in [2.05, 4.69) is 15.4 Å². The summed E-state index contributed by atoms with van der Waals surface area (Å²) in [5, 5.41) is 7.10. The van der Waals surface area contributed by atoms with E-state index in [1.54, 1.807) is 0 Å². The van der Waals surface area contributed by atoms with E-state index < -0.39 is 5.69 Å². The maximum absolute atomic E-state index is 12.7. The third-order valence-corrected chi connectivity index (χ3v) is 4.72. The number of ether oxygens (including phenoxy) is 1. The predicted molar refractivity (Wildman–Crippen MR) is 113 cm³/mol. The molecule has 0 atom stereocenters. The summed E-state index contributed by atoms with van der Waals surface area (Å²) >= 11 is 0. The number of carbonyl (C=O) groups excluding carboxylic acids is 1. The molecule has 0 unspecified atom stereocenters. The number of fused-ring (bicyclic) bond motifs is 1. The minimum atomic E-state index is -0.446. The quantitative estimate of drug-likeness (QED) is 0.552. The molecule has 8 heteroatoms. The summed E-state index contributed by atoms with van der Waals surface area (Å²) in [5.41, 5.74) is 3.48. The molecule has 0 bridgehead atoms. The van der Waals surface area contributed by atoms with Crippen molar-refractivity contribution in [3.63, 3.8) is 0 Å². The molecule has 0 saturated carbocycles. The van der Waals surface area contributed by atoms with Gasteiger partial charge in [0.05, 0.1) is 0 Å². The molecule has 30 heavy (non-hydrogen) atoms. The van der Waals surface area contributed by atoms with E-state index >= 15 is 0 Å². The number of para-hydroxylation sites is 1. The van der Waals surface area contributed by atoms with E-state index in [0.717, 1.165) is 21.4 Å². The van der Waals surface area contributed by atoms with Crippen LogP contribution in [0.2, 0.25) is 0 Å². The molecule has 2 heterocycles. The first-order valence-electron chi connectivity index (χ1n) is 9.47. The average molecular weight is 403 g/mol. The number of carbonyl (C=O) groups is 1. The largest absolute Gasteiger partial charge is 0.436 e. The van der Waals surface area contributed by atoms with Gasteiger partial charge in [-0.2, -0.15) is 0 Å². The van der Waals surface area contributed by atoms with Crippen LogP contribution >= 0.6 is 0 Å². The van der Waals surface area contributed by atoms with Gasteiger partial charge in [-0.3, -0.25) is 4.79 Å². The molecule has 0 aliphatic rings. The van der Waals surface area contributed by atoms with Crippen molar-refractivity contribution in [3.05, 3.63) is 82.0 Å². The van der Waals surface area contributed by atoms with E-state index in [0.29, 0.717) is 11.4 Å². The second-order valence-electron chi connectivity index (χ2n) is 7.10. The molecule has 2 aromatic carbocycles. The normalized spacial score (nSPS) is 10.9. The SMILES string of the molecule is Cc1ccc(NC(=O)Cn2nc3c(Oc4ccccc4C)nccn3c2=O)c(C)c1. The van der Waals surface area contributed by atoms with Crippen molar-refractivity contribution in [1.29, 1.82) is 0 Å². The Morgan fingerprint density at radius 3 is 2.67 bits per heavy atom. The lowest BCUT2D eigenvalue weighted by Crippen LogP contribution is -2.28. The van der Waals surface area contributed by atoms with Crippen molar-refractivity contribution >= 4 is 17.2 Å². The van der Waals surface area contributed by atoms with Crippen molar-refractivity contribution < 1.29 is 9.53 Å². The Hall–Kier alpha value is -3.94. The Morgan fingerprint density at radius 2 is 1.90 bits per heavy atom. The van der Waals surface area contributed by atoms with Crippen LogP contribution in [0.4, 0.5) is 5.69 Å². The third-order valence-electron chi connectivity index (χ3n) is 4.72. The second-order valence-corrected chi connectivity index (χ2v) is 7.10. The van der Waals surface area contributed by atoms with Crippen LogP contribution in [0.25, 0.3) is 5.65 Å². The number of aromatic nitrogens is 4. The summed E-state index contributed by atoms with van der Waals surface area (Å²) in [7, 11) is 0.